The van der Waals surface area contributed by atoms with Crippen molar-refractivity contribution >= 4 is 28.3 Å². The lowest BCUT2D eigenvalue weighted by atomic mass is 9.94. The Balaban J connectivity index is 1.67. The number of ketones is 1. The Morgan fingerprint density at radius 3 is 2.40 bits per heavy atom. The van der Waals surface area contributed by atoms with E-state index in [0.29, 0.717) is 28.0 Å². The number of hydrogen-bond acceptors (Lipinski definition) is 6. The Labute approximate surface area is 201 Å². The van der Waals surface area contributed by atoms with E-state index in [-0.39, 0.29) is 17.1 Å². The summed E-state index contributed by atoms with van der Waals surface area (Å²) >= 11 is 0. The molecule has 1 amide bonds. The van der Waals surface area contributed by atoms with E-state index >= 15 is 0 Å². The molecule has 0 fully saturated rings. The number of para-hydroxylation sites is 1. The number of carbonyl (C=O) groups is 2. The highest BCUT2D eigenvalue weighted by Gasteiger charge is 2.45. The Bertz CT molecular complexity index is 1510. The second kappa shape index (κ2) is 8.36. The predicted molar refractivity (Wildman–Crippen MR) is 131 cm³/mol. The minimum atomic E-state index is -0.923. The van der Waals surface area contributed by atoms with E-state index in [1.54, 1.807) is 42.5 Å². The first-order valence-electron chi connectivity index (χ1n) is 11.0. The van der Waals surface area contributed by atoms with Crippen LogP contribution in [0.15, 0.2) is 82.5 Å². The molecule has 5 rings (SSSR count). The smallest absolute Gasteiger partial charge is 0.294 e. The van der Waals surface area contributed by atoms with E-state index in [1.807, 2.05) is 26.0 Å². The van der Waals surface area contributed by atoms with Gasteiger partial charge in [-0.1, -0.05) is 30.3 Å². The molecule has 7 heteroatoms. The van der Waals surface area contributed by atoms with E-state index in [9.17, 15) is 19.8 Å². The number of methoxy groups -OCH3 is 1. The van der Waals surface area contributed by atoms with Crippen molar-refractivity contribution < 1.29 is 29.0 Å². The molecule has 7 nitrogen and oxygen atoms in total. The van der Waals surface area contributed by atoms with Gasteiger partial charge < -0.3 is 19.4 Å². The molecular weight excluding hydrogens is 446 g/mol. The minimum absolute atomic E-state index is 0.0236. The van der Waals surface area contributed by atoms with Crippen LogP contribution in [0.1, 0.15) is 33.3 Å². The third kappa shape index (κ3) is 3.61. The number of benzene rings is 3. The summed E-state index contributed by atoms with van der Waals surface area (Å²) in [6.45, 7) is 3.89. The third-order valence-corrected chi connectivity index (χ3v) is 6.38. The third-order valence-electron chi connectivity index (χ3n) is 6.38. The van der Waals surface area contributed by atoms with Crippen LogP contribution in [0.4, 0.5) is 5.69 Å². The van der Waals surface area contributed by atoms with Crippen molar-refractivity contribution in [3.63, 3.8) is 0 Å². The highest BCUT2D eigenvalue weighted by molar-refractivity contribution is 6.20. The zero-order valence-electron chi connectivity index (χ0n) is 19.4. The van der Waals surface area contributed by atoms with Crippen molar-refractivity contribution in [3.05, 3.63) is 101 Å². The number of anilines is 1. The van der Waals surface area contributed by atoms with Gasteiger partial charge in [-0.05, 0) is 66.9 Å². The highest BCUT2D eigenvalue weighted by Crippen LogP contribution is 2.43. The summed E-state index contributed by atoms with van der Waals surface area (Å²) in [6, 6.07) is 17.6. The van der Waals surface area contributed by atoms with Gasteiger partial charge in [-0.15, -0.1) is 0 Å². The summed E-state index contributed by atoms with van der Waals surface area (Å²) in [5, 5.41) is 21.4. The number of carbonyl (C=O) groups excluding carboxylic acids is 2. The monoisotopic (exact) mass is 469 g/mol. The van der Waals surface area contributed by atoms with E-state index < -0.39 is 23.5 Å². The van der Waals surface area contributed by atoms with Gasteiger partial charge in [-0.25, -0.2) is 0 Å². The second-order valence-electron chi connectivity index (χ2n) is 8.52. The van der Waals surface area contributed by atoms with E-state index in [1.165, 1.54) is 24.1 Å². The van der Waals surface area contributed by atoms with Crippen LogP contribution in [0, 0.1) is 13.8 Å². The first kappa shape index (κ1) is 22.3. The lowest BCUT2D eigenvalue weighted by molar-refractivity contribution is -0.117. The molecule has 35 heavy (non-hydrogen) atoms. The number of phenols is 1. The molecule has 4 aromatic rings. The van der Waals surface area contributed by atoms with Gasteiger partial charge >= 0.3 is 0 Å². The summed E-state index contributed by atoms with van der Waals surface area (Å²) in [5.41, 5.74) is 3.40. The molecule has 0 radical (unpaired) electrons. The number of furan rings is 1. The number of aryl methyl sites for hydroxylation is 2. The molecule has 2 N–H and O–H groups in total. The van der Waals surface area contributed by atoms with E-state index in [2.05, 4.69) is 0 Å². The van der Waals surface area contributed by atoms with Gasteiger partial charge in [0.2, 0.25) is 5.78 Å². The fourth-order valence-corrected chi connectivity index (χ4v) is 4.39. The molecule has 2 heterocycles. The molecule has 176 valence electrons. The number of phenolic OH excluding ortho intramolecular Hbond substituents is 1. The van der Waals surface area contributed by atoms with Crippen LogP contribution in [0.3, 0.4) is 0 Å². The first-order chi connectivity index (χ1) is 16.8. The summed E-state index contributed by atoms with van der Waals surface area (Å²) < 4.78 is 11.2. The zero-order valence-corrected chi connectivity index (χ0v) is 19.4. The number of hydrogen-bond donors (Lipinski definition) is 2. The molecule has 1 aliphatic heterocycles. The Kier molecular flexibility index (Phi) is 5.32. The topological polar surface area (TPSA) is 100 Å². The SMILES string of the molecule is COc1cccc2cc(C(=O)C3=C(O)C(=O)N(c4ccc(C)c(C)c4)C3c3ccc(O)cc3)oc12. The van der Waals surface area contributed by atoms with Crippen molar-refractivity contribution in [2.45, 2.75) is 19.9 Å². The van der Waals surface area contributed by atoms with Gasteiger partial charge in [0.25, 0.3) is 5.91 Å². The van der Waals surface area contributed by atoms with E-state index in [4.69, 9.17) is 9.15 Å². The zero-order chi connectivity index (χ0) is 24.9. The van der Waals surface area contributed by atoms with Gasteiger partial charge in [-0.3, -0.25) is 14.5 Å². The van der Waals surface area contributed by atoms with Crippen molar-refractivity contribution in [2.75, 3.05) is 12.0 Å². The molecular formula is C28H23NO6. The Morgan fingerprint density at radius 2 is 1.71 bits per heavy atom. The lowest BCUT2D eigenvalue weighted by Gasteiger charge is -2.27. The number of amides is 1. The molecule has 3 aromatic carbocycles. The number of rotatable bonds is 5. The first-order valence-corrected chi connectivity index (χ1v) is 11.0. The molecule has 0 bridgehead atoms. The summed E-state index contributed by atoms with van der Waals surface area (Å²) in [7, 11) is 1.51. The molecule has 1 unspecified atom stereocenters. The fourth-order valence-electron chi connectivity index (χ4n) is 4.39. The number of nitrogens with zero attached hydrogens (tertiary/aromatic N) is 1. The molecule has 1 atom stereocenters. The van der Waals surface area contributed by atoms with Crippen molar-refractivity contribution in [3.8, 4) is 11.5 Å². The number of aliphatic hydroxyl groups excluding tert-OH is 1. The lowest BCUT2D eigenvalue weighted by Crippen LogP contribution is -2.31. The number of aliphatic hydroxyl groups is 1. The summed E-state index contributed by atoms with van der Waals surface area (Å²) in [4.78, 5) is 28.5. The van der Waals surface area contributed by atoms with Crippen LogP contribution in [0.2, 0.25) is 0 Å². The molecule has 0 saturated heterocycles. The van der Waals surface area contributed by atoms with E-state index in [0.717, 1.165) is 11.1 Å². The summed E-state index contributed by atoms with van der Waals surface area (Å²) in [6.07, 6.45) is 0. The van der Waals surface area contributed by atoms with Gasteiger partial charge in [0.1, 0.15) is 5.75 Å². The van der Waals surface area contributed by atoms with Crippen LogP contribution >= 0.6 is 0 Å². The number of fused-ring (bicyclic) bond motifs is 1. The van der Waals surface area contributed by atoms with Crippen molar-refractivity contribution in [2.24, 2.45) is 0 Å². The minimum Gasteiger partial charge on any atom is -0.508 e. The van der Waals surface area contributed by atoms with Crippen LogP contribution in [0.5, 0.6) is 11.5 Å². The maximum absolute atomic E-state index is 13.7. The van der Waals surface area contributed by atoms with Crippen LogP contribution < -0.4 is 9.64 Å². The average Bonchev–Trinajstić information content (AvgIpc) is 3.40. The molecule has 1 aliphatic rings. The largest absolute Gasteiger partial charge is 0.508 e. The number of Topliss-reactive ketones (excluding diaryl/α,β-unsaturated/α-hetero) is 1. The van der Waals surface area contributed by atoms with Gasteiger partial charge in [-0.2, -0.15) is 0 Å². The molecule has 0 saturated carbocycles. The van der Waals surface area contributed by atoms with Gasteiger partial charge in [0, 0.05) is 11.1 Å². The van der Waals surface area contributed by atoms with Crippen LogP contribution in [0.25, 0.3) is 11.0 Å². The highest BCUT2D eigenvalue weighted by atomic mass is 16.5. The number of aromatic hydroxyl groups is 1. The molecule has 1 aromatic heterocycles. The maximum atomic E-state index is 13.7. The van der Waals surface area contributed by atoms with Crippen molar-refractivity contribution in [1.82, 2.24) is 0 Å². The molecule has 0 aliphatic carbocycles. The van der Waals surface area contributed by atoms with Crippen LogP contribution in [-0.4, -0.2) is 29.0 Å². The predicted octanol–water partition coefficient (Wildman–Crippen LogP) is 5.55. The fraction of sp³-hybridized carbons (Fsp3) is 0.143. The number of ether oxygens (including phenoxy) is 1. The van der Waals surface area contributed by atoms with Crippen LogP contribution in [-0.2, 0) is 4.79 Å². The normalized spacial score (nSPS) is 15.8. The summed E-state index contributed by atoms with van der Waals surface area (Å²) in [5.74, 6) is -1.46. The average molecular weight is 469 g/mol. The quantitative estimate of drug-likeness (QED) is 0.372. The van der Waals surface area contributed by atoms with Crippen molar-refractivity contribution in [1.29, 1.82) is 0 Å². The standard InChI is InChI=1S/C28H23NO6/c1-15-7-10-19(13-16(15)2)29-24(17-8-11-20(30)12-9-17)23(26(32)28(29)33)25(31)22-14-18-5-4-6-21(34-3)27(18)35-22/h4-14,24,30,32H,1-3H3. The second-order valence-corrected chi connectivity index (χ2v) is 8.52. The Morgan fingerprint density at radius 1 is 0.971 bits per heavy atom. The molecule has 0 spiro atoms. The van der Waals surface area contributed by atoms with Gasteiger partial charge in [0.05, 0.1) is 18.7 Å². The Hall–Kier alpha value is -4.52. The maximum Gasteiger partial charge on any atom is 0.294 e. The van der Waals surface area contributed by atoms with Gasteiger partial charge in [0.15, 0.2) is 22.9 Å².